The highest BCUT2D eigenvalue weighted by atomic mass is 16.1. The first-order valence-electron chi connectivity index (χ1n) is 8.00. The van der Waals surface area contributed by atoms with Gasteiger partial charge in [-0.25, -0.2) is 0 Å². The molecule has 4 nitrogen and oxygen atoms in total. The second-order valence-corrected chi connectivity index (χ2v) is 6.33. The first kappa shape index (κ1) is 14.4. The molecule has 21 heavy (non-hydrogen) atoms. The van der Waals surface area contributed by atoms with E-state index in [1.165, 1.54) is 19.4 Å². The van der Waals surface area contributed by atoms with Crippen LogP contribution in [0.15, 0.2) is 18.2 Å². The van der Waals surface area contributed by atoms with Crippen LogP contribution in [0.4, 0.5) is 5.69 Å². The Balaban J connectivity index is 1.66. The normalized spacial score (nSPS) is 25.4. The van der Waals surface area contributed by atoms with Crippen molar-refractivity contribution >= 4 is 11.6 Å². The third-order valence-corrected chi connectivity index (χ3v) is 4.84. The van der Waals surface area contributed by atoms with E-state index < -0.39 is 0 Å². The fourth-order valence-electron chi connectivity index (χ4n) is 3.68. The number of hydrogen-bond donors (Lipinski definition) is 2. The average Bonchev–Trinajstić information content (AvgIpc) is 2.94. The van der Waals surface area contributed by atoms with E-state index >= 15 is 0 Å². The third kappa shape index (κ3) is 3.05. The molecule has 2 N–H and O–H groups in total. The maximum Gasteiger partial charge on any atom is 0.253 e. The molecule has 0 aliphatic carbocycles. The quantitative estimate of drug-likeness (QED) is 0.897. The zero-order chi connectivity index (χ0) is 14.8. The van der Waals surface area contributed by atoms with E-state index in [4.69, 9.17) is 0 Å². The summed E-state index contributed by atoms with van der Waals surface area (Å²) in [5.41, 5.74) is 2.82. The SMILES string of the molecule is CNc1cc(C)ccc1C(=O)NC1CCN2CCCC2C1. The molecule has 2 aliphatic heterocycles. The zero-order valence-corrected chi connectivity index (χ0v) is 13.0. The van der Waals surface area contributed by atoms with Crippen LogP contribution in [0.2, 0.25) is 0 Å². The van der Waals surface area contributed by atoms with E-state index in [1.54, 1.807) is 0 Å². The lowest BCUT2D eigenvalue weighted by molar-refractivity contribution is 0.0897. The van der Waals surface area contributed by atoms with Crippen LogP contribution in [0, 0.1) is 6.92 Å². The van der Waals surface area contributed by atoms with Crippen LogP contribution in [0.1, 0.15) is 41.6 Å². The van der Waals surface area contributed by atoms with Gasteiger partial charge in [0.1, 0.15) is 0 Å². The van der Waals surface area contributed by atoms with Crippen LogP contribution in [0.25, 0.3) is 0 Å². The average molecular weight is 287 g/mol. The Morgan fingerprint density at radius 3 is 2.95 bits per heavy atom. The molecule has 1 amide bonds. The fraction of sp³-hybridized carbons (Fsp3) is 0.588. The molecule has 4 heteroatoms. The molecule has 2 unspecified atom stereocenters. The van der Waals surface area contributed by atoms with Crippen molar-refractivity contribution in [2.75, 3.05) is 25.5 Å². The van der Waals surface area contributed by atoms with Crippen LogP contribution in [0.5, 0.6) is 0 Å². The van der Waals surface area contributed by atoms with Crippen LogP contribution in [0.3, 0.4) is 0 Å². The largest absolute Gasteiger partial charge is 0.387 e. The summed E-state index contributed by atoms with van der Waals surface area (Å²) < 4.78 is 0. The minimum atomic E-state index is 0.0517. The van der Waals surface area contributed by atoms with Gasteiger partial charge in [-0.1, -0.05) is 6.07 Å². The summed E-state index contributed by atoms with van der Waals surface area (Å²) in [4.78, 5) is 15.1. The number of amides is 1. The summed E-state index contributed by atoms with van der Waals surface area (Å²) in [6.45, 7) is 4.41. The third-order valence-electron chi connectivity index (χ3n) is 4.84. The number of carbonyl (C=O) groups is 1. The molecule has 0 aromatic heterocycles. The Hall–Kier alpha value is -1.55. The van der Waals surface area contributed by atoms with Gasteiger partial charge in [0.05, 0.1) is 5.56 Å². The maximum atomic E-state index is 12.5. The lowest BCUT2D eigenvalue weighted by atomic mass is 9.97. The Morgan fingerprint density at radius 2 is 2.14 bits per heavy atom. The molecular weight excluding hydrogens is 262 g/mol. The number of nitrogens with zero attached hydrogens (tertiary/aromatic N) is 1. The molecule has 2 heterocycles. The molecule has 2 aliphatic rings. The van der Waals surface area contributed by atoms with Crippen LogP contribution >= 0.6 is 0 Å². The van der Waals surface area contributed by atoms with Crippen molar-refractivity contribution < 1.29 is 4.79 Å². The van der Waals surface area contributed by atoms with Gasteiger partial charge in [0.15, 0.2) is 0 Å². The van der Waals surface area contributed by atoms with E-state index in [-0.39, 0.29) is 5.91 Å². The van der Waals surface area contributed by atoms with Gasteiger partial charge in [-0.3, -0.25) is 4.79 Å². The smallest absolute Gasteiger partial charge is 0.253 e. The zero-order valence-electron chi connectivity index (χ0n) is 13.0. The molecular formula is C17H25N3O. The summed E-state index contributed by atoms with van der Waals surface area (Å²) in [6, 6.07) is 6.94. The number of hydrogen-bond acceptors (Lipinski definition) is 3. The summed E-state index contributed by atoms with van der Waals surface area (Å²) in [5, 5.41) is 6.36. The van der Waals surface area contributed by atoms with Crippen molar-refractivity contribution in [3.63, 3.8) is 0 Å². The number of benzene rings is 1. The minimum Gasteiger partial charge on any atom is -0.387 e. The van der Waals surface area contributed by atoms with Gasteiger partial charge in [0.25, 0.3) is 5.91 Å². The molecule has 0 bridgehead atoms. The van der Waals surface area contributed by atoms with Crippen LogP contribution in [-0.2, 0) is 0 Å². The van der Waals surface area contributed by atoms with E-state index in [2.05, 4.69) is 15.5 Å². The highest BCUT2D eigenvalue weighted by Gasteiger charge is 2.32. The lowest BCUT2D eigenvalue weighted by Gasteiger charge is -2.35. The number of aryl methyl sites for hydroxylation is 1. The van der Waals surface area contributed by atoms with Crippen molar-refractivity contribution in [3.8, 4) is 0 Å². The maximum absolute atomic E-state index is 12.5. The molecule has 2 fully saturated rings. The van der Waals surface area contributed by atoms with Gasteiger partial charge >= 0.3 is 0 Å². The molecule has 2 saturated heterocycles. The number of rotatable bonds is 3. The Kier molecular flexibility index (Phi) is 4.15. The Labute approximate surface area is 126 Å². The Morgan fingerprint density at radius 1 is 1.29 bits per heavy atom. The van der Waals surface area contributed by atoms with Crippen molar-refractivity contribution in [1.82, 2.24) is 10.2 Å². The monoisotopic (exact) mass is 287 g/mol. The highest BCUT2D eigenvalue weighted by Crippen LogP contribution is 2.27. The number of anilines is 1. The first-order chi connectivity index (χ1) is 10.2. The molecule has 3 rings (SSSR count). The molecule has 0 spiro atoms. The second-order valence-electron chi connectivity index (χ2n) is 6.33. The van der Waals surface area contributed by atoms with E-state index in [9.17, 15) is 4.79 Å². The van der Waals surface area contributed by atoms with Gasteiger partial charge < -0.3 is 15.5 Å². The first-order valence-corrected chi connectivity index (χ1v) is 8.00. The lowest BCUT2D eigenvalue weighted by Crippen LogP contribution is -2.47. The standard InChI is InChI=1S/C17H25N3O/c1-12-5-6-15(16(10-12)18-2)17(21)19-13-7-9-20-8-3-4-14(20)11-13/h5-6,10,13-14,18H,3-4,7-9,11H2,1-2H3,(H,19,21). The predicted octanol–water partition coefficient (Wildman–Crippen LogP) is 2.39. The van der Waals surface area contributed by atoms with Crippen molar-refractivity contribution in [2.45, 2.75) is 44.7 Å². The number of fused-ring (bicyclic) bond motifs is 1. The van der Waals surface area contributed by atoms with Crippen molar-refractivity contribution in [3.05, 3.63) is 29.3 Å². The molecule has 2 atom stereocenters. The van der Waals surface area contributed by atoms with Crippen molar-refractivity contribution in [1.29, 1.82) is 0 Å². The summed E-state index contributed by atoms with van der Waals surface area (Å²) in [5.74, 6) is 0.0517. The predicted molar refractivity (Wildman–Crippen MR) is 85.8 cm³/mol. The van der Waals surface area contributed by atoms with Gasteiger partial charge in [0, 0.05) is 31.4 Å². The summed E-state index contributed by atoms with van der Waals surface area (Å²) >= 11 is 0. The molecule has 114 valence electrons. The molecule has 1 aromatic carbocycles. The molecule has 1 aromatic rings. The minimum absolute atomic E-state index is 0.0517. The summed E-state index contributed by atoms with van der Waals surface area (Å²) in [6.07, 6.45) is 4.78. The molecule has 0 saturated carbocycles. The van der Waals surface area contributed by atoms with Gasteiger partial charge in [-0.15, -0.1) is 0 Å². The summed E-state index contributed by atoms with van der Waals surface area (Å²) in [7, 11) is 1.86. The van der Waals surface area contributed by atoms with Gasteiger partial charge in [0.2, 0.25) is 0 Å². The topological polar surface area (TPSA) is 44.4 Å². The second kappa shape index (κ2) is 6.06. The van der Waals surface area contributed by atoms with Crippen LogP contribution < -0.4 is 10.6 Å². The van der Waals surface area contributed by atoms with E-state index in [0.717, 1.165) is 36.2 Å². The highest BCUT2D eigenvalue weighted by molar-refractivity contribution is 5.99. The van der Waals surface area contributed by atoms with Gasteiger partial charge in [-0.2, -0.15) is 0 Å². The number of nitrogens with one attached hydrogen (secondary N) is 2. The number of carbonyl (C=O) groups excluding carboxylic acids is 1. The van der Waals surface area contributed by atoms with E-state index in [0.29, 0.717) is 12.1 Å². The van der Waals surface area contributed by atoms with Crippen molar-refractivity contribution in [2.24, 2.45) is 0 Å². The molecule has 0 radical (unpaired) electrons. The number of piperidine rings is 1. The fourth-order valence-corrected chi connectivity index (χ4v) is 3.68. The van der Waals surface area contributed by atoms with Gasteiger partial charge in [-0.05, 0) is 56.8 Å². The van der Waals surface area contributed by atoms with E-state index in [1.807, 2.05) is 32.2 Å². The Bertz CT molecular complexity index is 529. The van der Waals surface area contributed by atoms with Crippen LogP contribution in [-0.4, -0.2) is 43.0 Å².